The van der Waals surface area contributed by atoms with Gasteiger partial charge in [0.05, 0.1) is 23.1 Å². The highest BCUT2D eigenvalue weighted by atomic mass is 79.9. The molecule has 0 aliphatic carbocycles. The third-order valence-corrected chi connectivity index (χ3v) is 4.54. The summed E-state index contributed by atoms with van der Waals surface area (Å²) in [6.07, 6.45) is 1.77. The number of benzene rings is 1. The summed E-state index contributed by atoms with van der Waals surface area (Å²) in [5.41, 5.74) is 2.27. The molecule has 0 atom stereocenters. The van der Waals surface area contributed by atoms with Gasteiger partial charge in [-0.15, -0.1) is 0 Å². The average molecular weight is 395 g/mol. The van der Waals surface area contributed by atoms with E-state index in [1.54, 1.807) is 6.20 Å². The lowest BCUT2D eigenvalue weighted by atomic mass is 10.1. The van der Waals surface area contributed by atoms with Gasteiger partial charge in [0.15, 0.2) is 0 Å². The minimum Gasteiger partial charge on any atom is -0.364 e. The molecule has 6 heteroatoms. The van der Waals surface area contributed by atoms with Crippen molar-refractivity contribution < 1.29 is 0 Å². The van der Waals surface area contributed by atoms with E-state index in [1.165, 1.54) is 0 Å². The number of rotatable bonds is 3. The van der Waals surface area contributed by atoms with Crippen molar-refractivity contribution in [1.82, 2.24) is 15.0 Å². The molecule has 0 spiro atoms. The Labute approximate surface area is 152 Å². The first-order chi connectivity index (χ1) is 12.1. The first kappa shape index (κ1) is 15.8. The summed E-state index contributed by atoms with van der Waals surface area (Å²) in [4.78, 5) is 24.4. The van der Waals surface area contributed by atoms with E-state index in [4.69, 9.17) is 4.98 Å². The molecule has 124 valence electrons. The predicted octanol–water partition coefficient (Wildman–Crippen LogP) is 4.15. The van der Waals surface area contributed by atoms with Crippen LogP contribution in [0.5, 0.6) is 0 Å². The number of anilines is 1. The van der Waals surface area contributed by atoms with Crippen molar-refractivity contribution in [3.05, 3.63) is 74.9 Å². The topological polar surface area (TPSA) is 70.7 Å². The summed E-state index contributed by atoms with van der Waals surface area (Å²) in [6.45, 7) is 2.42. The van der Waals surface area contributed by atoms with Gasteiger partial charge in [0.1, 0.15) is 5.82 Å². The number of halogens is 1. The average Bonchev–Trinajstić information content (AvgIpc) is 2.59. The Morgan fingerprint density at radius 3 is 2.84 bits per heavy atom. The lowest BCUT2D eigenvalue weighted by Gasteiger charge is -2.12. The van der Waals surface area contributed by atoms with Crippen LogP contribution >= 0.6 is 15.9 Å². The second-order valence-corrected chi connectivity index (χ2v) is 6.78. The van der Waals surface area contributed by atoms with Gasteiger partial charge in [-0.3, -0.25) is 9.78 Å². The third kappa shape index (κ3) is 3.00. The van der Waals surface area contributed by atoms with E-state index in [9.17, 15) is 4.79 Å². The Morgan fingerprint density at radius 1 is 1.16 bits per heavy atom. The van der Waals surface area contributed by atoms with Gasteiger partial charge in [-0.1, -0.05) is 22.0 Å². The van der Waals surface area contributed by atoms with Crippen LogP contribution in [0.2, 0.25) is 0 Å². The molecule has 0 aliphatic rings. The molecule has 2 N–H and O–H groups in total. The molecule has 0 bridgehead atoms. The Bertz CT molecular complexity index is 1140. The highest BCUT2D eigenvalue weighted by molar-refractivity contribution is 9.10. The fourth-order valence-electron chi connectivity index (χ4n) is 2.94. The van der Waals surface area contributed by atoms with Gasteiger partial charge in [0.2, 0.25) is 0 Å². The minimum atomic E-state index is -0.123. The van der Waals surface area contributed by atoms with Crippen molar-refractivity contribution in [1.29, 1.82) is 0 Å². The number of H-pyrrole nitrogens is 1. The highest BCUT2D eigenvalue weighted by Crippen LogP contribution is 2.30. The monoisotopic (exact) mass is 394 g/mol. The van der Waals surface area contributed by atoms with E-state index in [0.717, 1.165) is 32.5 Å². The number of aryl methyl sites for hydroxylation is 1. The molecule has 4 aromatic rings. The molecule has 3 heterocycles. The molecule has 0 aliphatic heterocycles. The second-order valence-electron chi connectivity index (χ2n) is 5.87. The van der Waals surface area contributed by atoms with E-state index >= 15 is 0 Å². The van der Waals surface area contributed by atoms with Gasteiger partial charge in [0, 0.05) is 27.1 Å². The zero-order valence-electron chi connectivity index (χ0n) is 13.5. The van der Waals surface area contributed by atoms with Crippen LogP contribution in [0, 0.1) is 6.92 Å². The Hall–Kier alpha value is -2.73. The summed E-state index contributed by atoms with van der Waals surface area (Å²) in [5.74, 6) is 0.741. The number of fused-ring (bicyclic) bond motifs is 3. The molecular weight excluding hydrogens is 380 g/mol. The number of pyridine rings is 3. The van der Waals surface area contributed by atoms with Gasteiger partial charge in [-0.05, 0) is 43.3 Å². The quantitative estimate of drug-likeness (QED) is 0.512. The maximum atomic E-state index is 12.5. The number of nitrogens with zero attached hydrogens (tertiary/aromatic N) is 2. The SMILES string of the molecule is Cc1cc2nc(NCc3ccccn3)c3ccc(Br)cc3c2c(=O)[nH]1. The van der Waals surface area contributed by atoms with Crippen LogP contribution in [-0.2, 0) is 6.54 Å². The summed E-state index contributed by atoms with van der Waals surface area (Å²) in [6, 6.07) is 13.6. The second kappa shape index (κ2) is 6.29. The zero-order valence-corrected chi connectivity index (χ0v) is 15.1. The molecule has 4 rings (SSSR count). The maximum Gasteiger partial charge on any atom is 0.258 e. The van der Waals surface area contributed by atoms with Crippen molar-refractivity contribution in [3.63, 3.8) is 0 Å². The minimum absolute atomic E-state index is 0.123. The maximum absolute atomic E-state index is 12.5. The first-order valence-electron chi connectivity index (χ1n) is 7.88. The van der Waals surface area contributed by atoms with Gasteiger partial charge in [0.25, 0.3) is 5.56 Å². The molecule has 0 radical (unpaired) electrons. The summed E-state index contributed by atoms with van der Waals surface area (Å²) < 4.78 is 0.920. The molecule has 25 heavy (non-hydrogen) atoms. The van der Waals surface area contributed by atoms with Crippen molar-refractivity contribution in [3.8, 4) is 0 Å². The predicted molar refractivity (Wildman–Crippen MR) is 104 cm³/mol. The summed E-state index contributed by atoms with van der Waals surface area (Å²) in [7, 11) is 0. The van der Waals surface area contributed by atoms with Gasteiger partial charge in [-0.2, -0.15) is 0 Å². The van der Waals surface area contributed by atoms with Crippen molar-refractivity contribution >= 4 is 43.4 Å². The summed E-state index contributed by atoms with van der Waals surface area (Å²) in [5, 5.41) is 5.72. The molecule has 0 saturated heterocycles. The fourth-order valence-corrected chi connectivity index (χ4v) is 3.30. The molecule has 1 aromatic carbocycles. The molecule has 5 nitrogen and oxygen atoms in total. The molecule has 0 amide bonds. The number of aromatic nitrogens is 3. The molecule has 3 aromatic heterocycles. The van der Waals surface area contributed by atoms with E-state index in [1.807, 2.05) is 49.4 Å². The smallest absolute Gasteiger partial charge is 0.258 e. The standard InChI is InChI=1S/C19H15BrN4O/c1-11-8-16-17(19(25)23-11)15-9-12(20)5-6-14(15)18(24-16)22-10-13-4-2-3-7-21-13/h2-9H,10H2,1H3,(H,22,24)(H,23,25). The number of aromatic amines is 1. The van der Waals surface area contributed by atoms with Gasteiger partial charge in [-0.25, -0.2) is 4.98 Å². The van der Waals surface area contributed by atoms with Crippen LogP contribution in [0.1, 0.15) is 11.4 Å². The molecule has 0 unspecified atom stereocenters. The lowest BCUT2D eigenvalue weighted by Crippen LogP contribution is -2.10. The zero-order chi connectivity index (χ0) is 17.4. The van der Waals surface area contributed by atoms with Crippen LogP contribution in [0.15, 0.2) is 57.9 Å². The highest BCUT2D eigenvalue weighted by Gasteiger charge is 2.12. The Kier molecular flexibility index (Phi) is 3.97. The normalized spacial score (nSPS) is 11.1. The van der Waals surface area contributed by atoms with Crippen LogP contribution < -0.4 is 10.9 Å². The fraction of sp³-hybridized carbons (Fsp3) is 0.105. The molecule has 0 fully saturated rings. The van der Waals surface area contributed by atoms with E-state index in [-0.39, 0.29) is 5.56 Å². The van der Waals surface area contributed by atoms with Crippen molar-refractivity contribution in [2.24, 2.45) is 0 Å². The Morgan fingerprint density at radius 2 is 2.04 bits per heavy atom. The van der Waals surface area contributed by atoms with Crippen molar-refractivity contribution in [2.45, 2.75) is 13.5 Å². The van der Waals surface area contributed by atoms with Crippen LogP contribution in [0.25, 0.3) is 21.7 Å². The number of hydrogen-bond donors (Lipinski definition) is 2. The van der Waals surface area contributed by atoms with Crippen LogP contribution in [0.4, 0.5) is 5.82 Å². The van der Waals surface area contributed by atoms with Crippen molar-refractivity contribution in [2.75, 3.05) is 5.32 Å². The van der Waals surface area contributed by atoms with Gasteiger partial charge >= 0.3 is 0 Å². The van der Waals surface area contributed by atoms with E-state index < -0.39 is 0 Å². The van der Waals surface area contributed by atoms with Gasteiger partial charge < -0.3 is 10.3 Å². The van der Waals surface area contributed by atoms with Crippen LogP contribution in [-0.4, -0.2) is 15.0 Å². The third-order valence-electron chi connectivity index (χ3n) is 4.05. The lowest BCUT2D eigenvalue weighted by molar-refractivity contribution is 1.04. The van der Waals surface area contributed by atoms with E-state index in [2.05, 4.69) is 31.2 Å². The Balaban J connectivity index is 1.92. The molecular formula is C19H15BrN4O. The number of nitrogens with one attached hydrogen (secondary N) is 2. The molecule has 0 saturated carbocycles. The van der Waals surface area contributed by atoms with E-state index in [0.29, 0.717) is 17.4 Å². The number of hydrogen-bond acceptors (Lipinski definition) is 4. The summed E-state index contributed by atoms with van der Waals surface area (Å²) >= 11 is 3.49. The van der Waals surface area contributed by atoms with Crippen LogP contribution in [0.3, 0.4) is 0 Å². The first-order valence-corrected chi connectivity index (χ1v) is 8.68. The largest absolute Gasteiger partial charge is 0.364 e.